The second kappa shape index (κ2) is 4.72. The number of aliphatic hydroxyl groups excluding tert-OH is 1. The summed E-state index contributed by atoms with van der Waals surface area (Å²) in [7, 11) is -3.23. The molecule has 0 aliphatic rings. The van der Waals surface area contributed by atoms with Crippen LogP contribution in [0.3, 0.4) is 0 Å². The number of nitrogens with two attached hydrogens (primary N) is 1. The highest BCUT2D eigenvalue weighted by Crippen LogP contribution is 2.26. The number of hydrogen-bond donors (Lipinski definition) is 3. The summed E-state index contributed by atoms with van der Waals surface area (Å²) >= 11 is 0. The Morgan fingerprint density at radius 3 is 2.78 bits per heavy atom. The van der Waals surface area contributed by atoms with Crippen LogP contribution in [0.1, 0.15) is 18.5 Å². The standard InChI is InChI=1S/C12H16N2O3S/c1-2-18(16,17)8-3-4-12-9(5-8)10(6-14-12)11(13)7-15/h3-6,11,14-15H,2,7,13H2,1H3. The molecule has 5 nitrogen and oxygen atoms in total. The maximum atomic E-state index is 11.8. The second-order valence-corrected chi connectivity index (χ2v) is 6.42. The quantitative estimate of drug-likeness (QED) is 0.769. The van der Waals surface area contributed by atoms with Gasteiger partial charge in [-0.2, -0.15) is 0 Å². The number of H-pyrrole nitrogens is 1. The number of benzene rings is 1. The van der Waals surface area contributed by atoms with Crippen molar-refractivity contribution >= 4 is 20.7 Å². The van der Waals surface area contributed by atoms with Gasteiger partial charge in [-0.15, -0.1) is 0 Å². The summed E-state index contributed by atoms with van der Waals surface area (Å²) in [5.41, 5.74) is 7.31. The fraction of sp³-hybridized carbons (Fsp3) is 0.333. The zero-order valence-electron chi connectivity index (χ0n) is 10.1. The first-order chi connectivity index (χ1) is 8.49. The van der Waals surface area contributed by atoms with Crippen molar-refractivity contribution in [2.24, 2.45) is 5.73 Å². The van der Waals surface area contributed by atoms with Crippen molar-refractivity contribution in [3.63, 3.8) is 0 Å². The summed E-state index contributed by atoms with van der Waals surface area (Å²) in [6.07, 6.45) is 1.70. The minimum absolute atomic E-state index is 0.0598. The average Bonchev–Trinajstić information content (AvgIpc) is 2.80. The van der Waals surface area contributed by atoms with Gasteiger partial charge in [0.25, 0.3) is 0 Å². The van der Waals surface area contributed by atoms with E-state index in [0.717, 1.165) is 16.5 Å². The lowest BCUT2D eigenvalue weighted by atomic mass is 10.1. The number of rotatable bonds is 4. The monoisotopic (exact) mass is 268 g/mol. The molecule has 0 fully saturated rings. The lowest BCUT2D eigenvalue weighted by Gasteiger charge is -2.07. The highest BCUT2D eigenvalue weighted by Gasteiger charge is 2.16. The molecule has 0 saturated heterocycles. The fourth-order valence-electron chi connectivity index (χ4n) is 1.89. The second-order valence-electron chi connectivity index (χ2n) is 4.14. The van der Waals surface area contributed by atoms with E-state index < -0.39 is 15.9 Å². The highest BCUT2D eigenvalue weighted by atomic mass is 32.2. The van der Waals surface area contributed by atoms with Crippen LogP contribution in [0.5, 0.6) is 0 Å². The first-order valence-electron chi connectivity index (χ1n) is 5.70. The molecular weight excluding hydrogens is 252 g/mol. The first kappa shape index (κ1) is 13.1. The Bertz CT molecular complexity index is 661. The molecule has 0 amide bonds. The summed E-state index contributed by atoms with van der Waals surface area (Å²) in [6.45, 7) is 1.43. The fourth-order valence-corrected chi connectivity index (χ4v) is 2.79. The molecule has 18 heavy (non-hydrogen) atoms. The van der Waals surface area contributed by atoms with E-state index in [0.29, 0.717) is 0 Å². The number of fused-ring (bicyclic) bond motifs is 1. The van der Waals surface area contributed by atoms with E-state index >= 15 is 0 Å². The number of nitrogens with one attached hydrogen (secondary N) is 1. The molecule has 2 rings (SSSR count). The van der Waals surface area contributed by atoms with Gasteiger partial charge in [-0.1, -0.05) is 6.92 Å². The molecule has 1 atom stereocenters. The summed E-state index contributed by atoms with van der Waals surface area (Å²) < 4.78 is 23.7. The normalized spacial score (nSPS) is 13.9. The molecule has 1 aromatic carbocycles. The minimum Gasteiger partial charge on any atom is -0.394 e. The number of aromatic nitrogens is 1. The van der Waals surface area contributed by atoms with E-state index in [1.807, 2.05) is 0 Å². The first-order valence-corrected chi connectivity index (χ1v) is 7.35. The molecular formula is C12H16N2O3S. The van der Waals surface area contributed by atoms with Crippen molar-refractivity contribution < 1.29 is 13.5 Å². The molecule has 6 heteroatoms. The van der Waals surface area contributed by atoms with E-state index in [1.165, 1.54) is 0 Å². The summed E-state index contributed by atoms with van der Waals surface area (Å²) in [5.74, 6) is 0.0598. The van der Waals surface area contributed by atoms with Crippen LogP contribution >= 0.6 is 0 Å². The molecule has 0 spiro atoms. The molecule has 4 N–H and O–H groups in total. The lowest BCUT2D eigenvalue weighted by molar-refractivity contribution is 0.268. The van der Waals surface area contributed by atoms with Gasteiger partial charge in [-0.25, -0.2) is 8.42 Å². The molecule has 0 aliphatic heterocycles. The Hall–Kier alpha value is -1.37. The Morgan fingerprint density at radius 2 is 2.17 bits per heavy atom. The largest absolute Gasteiger partial charge is 0.394 e. The van der Waals surface area contributed by atoms with Crippen LogP contribution in [0.4, 0.5) is 0 Å². The maximum absolute atomic E-state index is 11.8. The van der Waals surface area contributed by atoms with E-state index in [1.54, 1.807) is 31.3 Å². The van der Waals surface area contributed by atoms with Gasteiger partial charge in [0.2, 0.25) is 0 Å². The third-order valence-corrected chi connectivity index (χ3v) is 4.75. The predicted octanol–water partition coefficient (Wildman–Crippen LogP) is 0.954. The van der Waals surface area contributed by atoms with Crippen LogP contribution < -0.4 is 5.73 Å². The van der Waals surface area contributed by atoms with Crippen molar-refractivity contribution in [3.05, 3.63) is 30.0 Å². The maximum Gasteiger partial charge on any atom is 0.178 e. The Kier molecular flexibility index (Phi) is 3.43. The molecule has 98 valence electrons. The molecule has 0 bridgehead atoms. The van der Waals surface area contributed by atoms with E-state index in [2.05, 4.69) is 4.98 Å². The van der Waals surface area contributed by atoms with Gasteiger partial charge in [-0.05, 0) is 23.8 Å². The molecule has 1 aromatic heterocycles. The van der Waals surface area contributed by atoms with Crippen molar-refractivity contribution in [1.29, 1.82) is 0 Å². The molecule has 0 radical (unpaired) electrons. The van der Waals surface area contributed by atoms with E-state index in [4.69, 9.17) is 10.8 Å². The molecule has 1 unspecified atom stereocenters. The van der Waals surface area contributed by atoms with E-state index in [9.17, 15) is 8.42 Å². The van der Waals surface area contributed by atoms with Crippen LogP contribution in [0.2, 0.25) is 0 Å². The third-order valence-electron chi connectivity index (χ3n) is 3.02. The summed E-state index contributed by atoms with van der Waals surface area (Å²) in [4.78, 5) is 3.30. The van der Waals surface area contributed by atoms with Crippen molar-refractivity contribution in [3.8, 4) is 0 Å². The molecule has 2 aromatic rings. The van der Waals surface area contributed by atoms with Crippen LogP contribution in [0.15, 0.2) is 29.3 Å². The number of aliphatic hydroxyl groups is 1. The van der Waals surface area contributed by atoms with Gasteiger partial charge in [-0.3, -0.25) is 0 Å². The SMILES string of the molecule is CCS(=O)(=O)c1ccc2[nH]cc(C(N)CO)c2c1. The van der Waals surface area contributed by atoms with Gasteiger partial charge in [0.15, 0.2) is 9.84 Å². The van der Waals surface area contributed by atoms with Crippen molar-refractivity contribution in [1.82, 2.24) is 4.98 Å². The lowest BCUT2D eigenvalue weighted by Crippen LogP contribution is -2.13. The zero-order chi connectivity index (χ0) is 13.3. The Labute approximate surface area is 106 Å². The molecule has 1 heterocycles. The van der Waals surface area contributed by atoms with Crippen molar-refractivity contribution in [2.45, 2.75) is 17.9 Å². The van der Waals surface area contributed by atoms with Gasteiger partial charge in [0.1, 0.15) is 0 Å². The Morgan fingerprint density at radius 1 is 1.44 bits per heavy atom. The number of sulfone groups is 1. The van der Waals surface area contributed by atoms with Crippen LogP contribution in [-0.2, 0) is 9.84 Å². The van der Waals surface area contributed by atoms with Gasteiger partial charge in [0, 0.05) is 17.1 Å². The number of aromatic amines is 1. The molecule has 0 aliphatic carbocycles. The smallest absolute Gasteiger partial charge is 0.178 e. The zero-order valence-corrected chi connectivity index (χ0v) is 10.9. The van der Waals surface area contributed by atoms with Crippen molar-refractivity contribution in [2.75, 3.05) is 12.4 Å². The Balaban J connectivity index is 2.63. The average molecular weight is 268 g/mol. The van der Waals surface area contributed by atoms with Crippen LogP contribution in [-0.4, -0.2) is 30.9 Å². The number of hydrogen-bond acceptors (Lipinski definition) is 4. The minimum atomic E-state index is -3.23. The van der Waals surface area contributed by atoms with Gasteiger partial charge in [0.05, 0.1) is 23.3 Å². The summed E-state index contributed by atoms with van der Waals surface area (Å²) in [5, 5.41) is 9.83. The third kappa shape index (κ3) is 2.14. The van der Waals surface area contributed by atoms with Crippen LogP contribution in [0.25, 0.3) is 10.9 Å². The topological polar surface area (TPSA) is 96.2 Å². The van der Waals surface area contributed by atoms with Gasteiger partial charge >= 0.3 is 0 Å². The predicted molar refractivity (Wildman–Crippen MR) is 70.0 cm³/mol. The molecule has 0 saturated carbocycles. The highest BCUT2D eigenvalue weighted by molar-refractivity contribution is 7.91. The summed E-state index contributed by atoms with van der Waals surface area (Å²) in [6, 6.07) is 4.38. The van der Waals surface area contributed by atoms with E-state index in [-0.39, 0.29) is 17.3 Å². The van der Waals surface area contributed by atoms with Crippen LogP contribution in [0, 0.1) is 0 Å². The van der Waals surface area contributed by atoms with Gasteiger partial charge < -0.3 is 15.8 Å².